The average Bonchev–Trinajstić information content (AvgIpc) is 1.85. The van der Waals surface area contributed by atoms with Crippen molar-refractivity contribution in [2.45, 2.75) is 19.3 Å². The van der Waals surface area contributed by atoms with Crippen molar-refractivity contribution in [1.29, 1.82) is 0 Å². The molecule has 1 aliphatic carbocycles. The van der Waals surface area contributed by atoms with E-state index < -0.39 is 0 Å². The molecule has 64 valence electrons. The fourth-order valence-electron chi connectivity index (χ4n) is 0.811. The molecular formula is C7H12O4. The highest BCUT2D eigenvalue weighted by Crippen LogP contribution is 2.26. The monoisotopic (exact) mass is 160 g/mol. The van der Waals surface area contributed by atoms with E-state index in [4.69, 9.17) is 9.90 Å². The van der Waals surface area contributed by atoms with Gasteiger partial charge in [0, 0.05) is 0 Å². The molecule has 1 rings (SSSR count). The lowest BCUT2D eigenvalue weighted by Gasteiger charge is -2.21. The summed E-state index contributed by atoms with van der Waals surface area (Å²) in [6.07, 6.45) is 3.26. The SMILES string of the molecule is COC(=O)C1CCC1.O=CO. The van der Waals surface area contributed by atoms with Gasteiger partial charge in [0.25, 0.3) is 6.47 Å². The topological polar surface area (TPSA) is 63.6 Å². The van der Waals surface area contributed by atoms with Crippen LogP contribution >= 0.6 is 0 Å². The molecule has 0 atom stereocenters. The van der Waals surface area contributed by atoms with Gasteiger partial charge in [-0.05, 0) is 12.8 Å². The molecule has 1 N–H and O–H groups in total. The Morgan fingerprint density at radius 1 is 1.64 bits per heavy atom. The van der Waals surface area contributed by atoms with Crippen LogP contribution in [0.1, 0.15) is 19.3 Å². The summed E-state index contributed by atoms with van der Waals surface area (Å²) in [4.78, 5) is 18.9. The van der Waals surface area contributed by atoms with Gasteiger partial charge in [-0.25, -0.2) is 0 Å². The zero-order valence-electron chi connectivity index (χ0n) is 6.45. The molecule has 1 saturated carbocycles. The van der Waals surface area contributed by atoms with Crippen LogP contribution in [0.3, 0.4) is 0 Å². The van der Waals surface area contributed by atoms with Crippen LogP contribution in [0.2, 0.25) is 0 Å². The maximum Gasteiger partial charge on any atom is 0.308 e. The van der Waals surface area contributed by atoms with Crippen LogP contribution in [0.15, 0.2) is 0 Å². The minimum absolute atomic E-state index is 0.0312. The number of carboxylic acid groups (broad SMARTS) is 1. The standard InChI is InChI=1S/C6H10O2.CH2O2/c1-8-6(7)5-3-2-4-5;2-1-3/h5H,2-4H2,1H3;1H,(H,2,3). The molecule has 0 bridgehead atoms. The predicted octanol–water partition coefficient (Wildman–Crippen LogP) is 0.660. The first-order valence-electron chi connectivity index (χ1n) is 3.42. The lowest BCUT2D eigenvalue weighted by Crippen LogP contribution is -2.22. The lowest BCUT2D eigenvalue weighted by molar-refractivity contribution is -0.148. The lowest BCUT2D eigenvalue weighted by atomic mass is 9.86. The summed E-state index contributed by atoms with van der Waals surface area (Å²) in [6.45, 7) is -0.250. The van der Waals surface area contributed by atoms with Crippen molar-refractivity contribution in [3.05, 3.63) is 0 Å². The van der Waals surface area contributed by atoms with Gasteiger partial charge in [0.15, 0.2) is 0 Å². The van der Waals surface area contributed by atoms with Gasteiger partial charge in [0.2, 0.25) is 0 Å². The first-order chi connectivity index (χ1) is 5.26. The maximum atomic E-state index is 10.6. The number of esters is 1. The van der Waals surface area contributed by atoms with E-state index in [1.54, 1.807) is 0 Å². The van der Waals surface area contributed by atoms with Crippen molar-refractivity contribution < 1.29 is 19.4 Å². The molecule has 1 aliphatic rings. The summed E-state index contributed by atoms with van der Waals surface area (Å²) in [6, 6.07) is 0. The number of carbonyl (C=O) groups excluding carboxylic acids is 1. The Bertz CT molecular complexity index is 128. The van der Waals surface area contributed by atoms with E-state index in [-0.39, 0.29) is 18.4 Å². The molecule has 0 spiro atoms. The minimum Gasteiger partial charge on any atom is -0.483 e. The van der Waals surface area contributed by atoms with E-state index in [9.17, 15) is 4.79 Å². The Morgan fingerprint density at radius 3 is 2.18 bits per heavy atom. The first-order valence-corrected chi connectivity index (χ1v) is 3.42. The highest BCUT2D eigenvalue weighted by molar-refractivity contribution is 5.72. The molecule has 11 heavy (non-hydrogen) atoms. The van der Waals surface area contributed by atoms with Crippen molar-refractivity contribution in [2.24, 2.45) is 5.92 Å². The Hall–Kier alpha value is -1.06. The fraction of sp³-hybridized carbons (Fsp3) is 0.714. The van der Waals surface area contributed by atoms with Crippen LogP contribution in [-0.4, -0.2) is 24.7 Å². The van der Waals surface area contributed by atoms with E-state index in [1.807, 2.05) is 0 Å². The number of rotatable bonds is 1. The van der Waals surface area contributed by atoms with E-state index in [0.717, 1.165) is 12.8 Å². The van der Waals surface area contributed by atoms with Crippen LogP contribution in [0, 0.1) is 5.92 Å². The Labute approximate surface area is 65.2 Å². The molecule has 0 aliphatic heterocycles. The van der Waals surface area contributed by atoms with Crippen LogP contribution in [0.5, 0.6) is 0 Å². The van der Waals surface area contributed by atoms with Crippen molar-refractivity contribution in [3.8, 4) is 0 Å². The third-order valence-electron chi connectivity index (χ3n) is 1.64. The van der Waals surface area contributed by atoms with Crippen LogP contribution in [-0.2, 0) is 14.3 Å². The summed E-state index contributed by atoms with van der Waals surface area (Å²) < 4.78 is 4.52. The van der Waals surface area contributed by atoms with Gasteiger partial charge in [0.1, 0.15) is 0 Å². The molecule has 4 nitrogen and oxygen atoms in total. The summed E-state index contributed by atoms with van der Waals surface area (Å²) in [5, 5.41) is 6.89. The van der Waals surface area contributed by atoms with E-state index in [0.29, 0.717) is 0 Å². The number of hydrogen-bond donors (Lipinski definition) is 1. The normalized spacial score (nSPS) is 15.4. The molecule has 0 aromatic rings. The molecule has 0 aromatic carbocycles. The highest BCUT2D eigenvalue weighted by Gasteiger charge is 2.25. The second kappa shape index (κ2) is 5.70. The fourth-order valence-corrected chi connectivity index (χ4v) is 0.811. The average molecular weight is 160 g/mol. The van der Waals surface area contributed by atoms with Crippen molar-refractivity contribution in [2.75, 3.05) is 7.11 Å². The Balaban J connectivity index is 0.000000292. The second-order valence-electron chi connectivity index (χ2n) is 2.26. The van der Waals surface area contributed by atoms with Crippen LogP contribution in [0.4, 0.5) is 0 Å². The number of hydrogen-bond acceptors (Lipinski definition) is 3. The van der Waals surface area contributed by atoms with Crippen LogP contribution in [0.25, 0.3) is 0 Å². The molecule has 1 fully saturated rings. The molecule has 0 amide bonds. The third-order valence-corrected chi connectivity index (χ3v) is 1.64. The molecule has 0 aromatic heterocycles. The zero-order valence-corrected chi connectivity index (χ0v) is 6.45. The molecule has 0 saturated heterocycles. The summed E-state index contributed by atoms with van der Waals surface area (Å²) in [7, 11) is 1.45. The van der Waals surface area contributed by atoms with Gasteiger partial charge < -0.3 is 9.84 Å². The van der Waals surface area contributed by atoms with Crippen molar-refractivity contribution in [3.63, 3.8) is 0 Å². The zero-order chi connectivity index (χ0) is 8.69. The maximum absolute atomic E-state index is 10.6. The van der Waals surface area contributed by atoms with Gasteiger partial charge in [-0.1, -0.05) is 6.42 Å². The van der Waals surface area contributed by atoms with Gasteiger partial charge in [-0.2, -0.15) is 0 Å². The number of ether oxygens (including phenoxy) is 1. The molecule has 4 heteroatoms. The van der Waals surface area contributed by atoms with Crippen LogP contribution < -0.4 is 0 Å². The smallest absolute Gasteiger partial charge is 0.308 e. The number of methoxy groups -OCH3 is 1. The quantitative estimate of drug-likeness (QED) is 0.452. The Morgan fingerprint density at radius 2 is 2.09 bits per heavy atom. The Kier molecular flexibility index (Phi) is 5.15. The second-order valence-corrected chi connectivity index (χ2v) is 2.26. The van der Waals surface area contributed by atoms with Gasteiger partial charge in [-0.3, -0.25) is 9.59 Å². The van der Waals surface area contributed by atoms with Gasteiger partial charge in [-0.15, -0.1) is 0 Å². The van der Waals surface area contributed by atoms with E-state index in [1.165, 1.54) is 13.5 Å². The number of carbonyl (C=O) groups is 2. The van der Waals surface area contributed by atoms with Gasteiger partial charge >= 0.3 is 5.97 Å². The minimum atomic E-state index is -0.250. The summed E-state index contributed by atoms with van der Waals surface area (Å²) >= 11 is 0. The molecular weight excluding hydrogens is 148 g/mol. The first kappa shape index (κ1) is 9.94. The third kappa shape index (κ3) is 3.60. The summed E-state index contributed by atoms with van der Waals surface area (Å²) in [5.41, 5.74) is 0. The highest BCUT2D eigenvalue weighted by atomic mass is 16.5. The van der Waals surface area contributed by atoms with Crippen molar-refractivity contribution >= 4 is 12.4 Å². The predicted molar refractivity (Wildman–Crippen MR) is 38.0 cm³/mol. The van der Waals surface area contributed by atoms with E-state index in [2.05, 4.69) is 4.74 Å². The molecule has 0 unspecified atom stereocenters. The molecule has 0 radical (unpaired) electrons. The van der Waals surface area contributed by atoms with Crippen molar-refractivity contribution in [1.82, 2.24) is 0 Å². The summed E-state index contributed by atoms with van der Waals surface area (Å²) in [5.74, 6) is 0.205. The molecule has 0 heterocycles. The van der Waals surface area contributed by atoms with Gasteiger partial charge in [0.05, 0.1) is 13.0 Å². The van der Waals surface area contributed by atoms with E-state index >= 15 is 0 Å². The largest absolute Gasteiger partial charge is 0.483 e.